The van der Waals surface area contributed by atoms with E-state index in [-0.39, 0.29) is 6.04 Å². The van der Waals surface area contributed by atoms with Gasteiger partial charge in [0.2, 0.25) is 0 Å². The zero-order chi connectivity index (χ0) is 10.3. The Morgan fingerprint density at radius 2 is 2.40 bits per heavy atom. The minimum absolute atomic E-state index is 0.0823. The summed E-state index contributed by atoms with van der Waals surface area (Å²) in [6.45, 7) is 0. The average molecular weight is 222 g/mol. The Labute approximate surface area is 90.3 Å². The van der Waals surface area contributed by atoms with Crippen LogP contribution < -0.4 is 5.73 Å². The van der Waals surface area contributed by atoms with Crippen molar-refractivity contribution in [1.82, 2.24) is 15.1 Å². The smallest absolute Gasteiger partial charge is 0.277 e. The molecule has 1 unspecified atom stereocenters. The molecule has 0 saturated heterocycles. The van der Waals surface area contributed by atoms with Crippen molar-refractivity contribution in [2.24, 2.45) is 11.7 Å². The highest BCUT2D eigenvalue weighted by molar-refractivity contribution is 7.07. The van der Waals surface area contributed by atoms with Crippen LogP contribution in [0.2, 0.25) is 0 Å². The molecule has 78 valence electrons. The van der Waals surface area contributed by atoms with Crippen LogP contribution in [0.5, 0.6) is 0 Å². The van der Waals surface area contributed by atoms with Gasteiger partial charge in [-0.15, -0.1) is 11.3 Å². The third-order valence-corrected chi connectivity index (χ3v) is 3.11. The molecular weight excluding hydrogens is 212 g/mol. The molecule has 0 radical (unpaired) electrons. The Morgan fingerprint density at radius 1 is 1.53 bits per heavy atom. The minimum Gasteiger partial charge on any atom is -0.332 e. The van der Waals surface area contributed by atoms with Crippen LogP contribution in [0.3, 0.4) is 0 Å². The molecule has 0 aromatic carbocycles. The first-order chi connectivity index (χ1) is 7.34. The summed E-state index contributed by atoms with van der Waals surface area (Å²) in [6.07, 6.45) is 2.34. The summed E-state index contributed by atoms with van der Waals surface area (Å²) >= 11 is 1.50. The van der Waals surface area contributed by atoms with Crippen molar-refractivity contribution >= 4 is 11.3 Å². The van der Waals surface area contributed by atoms with Crippen LogP contribution in [0.1, 0.15) is 24.7 Å². The molecule has 6 heteroatoms. The quantitative estimate of drug-likeness (QED) is 0.853. The maximum Gasteiger partial charge on any atom is 0.277 e. The summed E-state index contributed by atoms with van der Waals surface area (Å²) in [5.74, 6) is 1.59. The van der Waals surface area contributed by atoms with Crippen molar-refractivity contribution in [3.8, 4) is 11.6 Å². The zero-order valence-electron chi connectivity index (χ0n) is 7.96. The number of hydrogen-bond acceptors (Lipinski definition) is 6. The van der Waals surface area contributed by atoms with E-state index in [4.69, 9.17) is 10.3 Å². The average Bonchev–Trinajstić information content (AvgIpc) is 2.80. The van der Waals surface area contributed by atoms with Gasteiger partial charge in [0.15, 0.2) is 5.82 Å². The van der Waals surface area contributed by atoms with Crippen molar-refractivity contribution in [2.75, 3.05) is 0 Å². The maximum absolute atomic E-state index is 5.96. The van der Waals surface area contributed by atoms with E-state index in [1.807, 2.05) is 5.38 Å². The van der Waals surface area contributed by atoms with Gasteiger partial charge in [-0.1, -0.05) is 5.16 Å². The summed E-state index contributed by atoms with van der Waals surface area (Å²) in [5, 5.41) is 5.76. The molecule has 3 rings (SSSR count). The van der Waals surface area contributed by atoms with Gasteiger partial charge in [-0.2, -0.15) is 4.98 Å². The molecule has 0 aliphatic heterocycles. The Morgan fingerprint density at radius 3 is 3.07 bits per heavy atom. The lowest BCUT2D eigenvalue weighted by atomic mass is 10.2. The first-order valence-electron chi connectivity index (χ1n) is 4.82. The molecule has 0 bridgehead atoms. The number of thiazole rings is 1. The van der Waals surface area contributed by atoms with Gasteiger partial charge < -0.3 is 10.3 Å². The van der Waals surface area contributed by atoms with Crippen LogP contribution in [0.4, 0.5) is 0 Å². The van der Waals surface area contributed by atoms with Gasteiger partial charge in [0.05, 0.1) is 11.6 Å². The van der Waals surface area contributed by atoms with Gasteiger partial charge in [-0.3, -0.25) is 0 Å². The van der Waals surface area contributed by atoms with Crippen molar-refractivity contribution in [2.45, 2.75) is 18.9 Å². The second-order valence-corrected chi connectivity index (χ2v) is 4.41. The lowest BCUT2D eigenvalue weighted by molar-refractivity contribution is 0.411. The van der Waals surface area contributed by atoms with Gasteiger partial charge >= 0.3 is 0 Å². The molecule has 0 spiro atoms. The van der Waals surface area contributed by atoms with Gasteiger partial charge in [0.25, 0.3) is 5.89 Å². The van der Waals surface area contributed by atoms with E-state index in [9.17, 15) is 0 Å². The second kappa shape index (κ2) is 3.39. The van der Waals surface area contributed by atoms with Crippen molar-refractivity contribution in [3.05, 3.63) is 16.7 Å². The Balaban J connectivity index is 1.87. The van der Waals surface area contributed by atoms with Crippen LogP contribution in [-0.4, -0.2) is 15.1 Å². The Bertz CT molecular complexity index is 448. The number of hydrogen-bond donors (Lipinski definition) is 1. The fraction of sp³-hybridized carbons (Fsp3) is 0.444. The van der Waals surface area contributed by atoms with E-state index < -0.39 is 0 Å². The third-order valence-electron chi connectivity index (χ3n) is 2.52. The molecule has 2 N–H and O–H groups in total. The van der Waals surface area contributed by atoms with E-state index in [0.717, 1.165) is 5.69 Å². The minimum atomic E-state index is -0.0823. The molecule has 1 saturated carbocycles. The highest BCUT2D eigenvalue weighted by atomic mass is 32.1. The van der Waals surface area contributed by atoms with E-state index >= 15 is 0 Å². The molecule has 15 heavy (non-hydrogen) atoms. The van der Waals surface area contributed by atoms with Crippen molar-refractivity contribution in [3.63, 3.8) is 0 Å². The van der Waals surface area contributed by atoms with Crippen LogP contribution in [0.25, 0.3) is 11.6 Å². The maximum atomic E-state index is 5.96. The van der Waals surface area contributed by atoms with Crippen LogP contribution >= 0.6 is 11.3 Å². The highest BCUT2D eigenvalue weighted by Gasteiger charge is 2.32. The van der Waals surface area contributed by atoms with Crippen molar-refractivity contribution in [1.29, 1.82) is 0 Å². The number of nitrogens with zero attached hydrogens (tertiary/aromatic N) is 3. The van der Waals surface area contributed by atoms with E-state index in [1.54, 1.807) is 5.51 Å². The Hall–Kier alpha value is -1.27. The standard InChI is InChI=1S/C9H10N4OS/c10-7(5-1-2-5)8-12-9(14-13-8)6-3-15-4-11-6/h3-5,7H,1-2,10H2. The lowest BCUT2D eigenvalue weighted by Gasteiger charge is -2.01. The van der Waals surface area contributed by atoms with E-state index in [1.165, 1.54) is 24.2 Å². The highest BCUT2D eigenvalue weighted by Crippen LogP contribution is 2.38. The molecule has 0 amide bonds. The molecule has 1 atom stereocenters. The largest absolute Gasteiger partial charge is 0.332 e. The fourth-order valence-electron chi connectivity index (χ4n) is 1.46. The summed E-state index contributed by atoms with van der Waals surface area (Å²) in [6, 6.07) is -0.0823. The number of rotatable bonds is 3. The molecule has 2 aromatic heterocycles. The number of aromatic nitrogens is 3. The molecule has 1 aliphatic carbocycles. The lowest BCUT2D eigenvalue weighted by Crippen LogP contribution is -2.13. The Kier molecular flexibility index (Phi) is 2.03. The molecule has 1 fully saturated rings. The van der Waals surface area contributed by atoms with Gasteiger partial charge in [0, 0.05) is 5.38 Å². The molecule has 2 aromatic rings. The predicted molar refractivity (Wildman–Crippen MR) is 55.1 cm³/mol. The molecule has 5 nitrogen and oxygen atoms in total. The summed E-state index contributed by atoms with van der Waals surface area (Å²) in [5.41, 5.74) is 8.42. The SMILES string of the molecule is NC(c1noc(-c2cscn2)n1)C1CC1. The molecule has 1 aliphatic rings. The van der Waals surface area contributed by atoms with Crippen LogP contribution in [-0.2, 0) is 0 Å². The normalized spacial score (nSPS) is 17.9. The fourth-order valence-corrected chi connectivity index (χ4v) is 1.98. The monoisotopic (exact) mass is 222 g/mol. The van der Waals surface area contributed by atoms with Gasteiger partial charge in [-0.25, -0.2) is 4.98 Å². The number of nitrogens with two attached hydrogens (primary N) is 1. The molecular formula is C9H10N4OS. The zero-order valence-corrected chi connectivity index (χ0v) is 8.78. The second-order valence-electron chi connectivity index (χ2n) is 3.69. The van der Waals surface area contributed by atoms with E-state index in [0.29, 0.717) is 17.6 Å². The molecule has 2 heterocycles. The van der Waals surface area contributed by atoms with E-state index in [2.05, 4.69) is 15.1 Å². The first kappa shape index (κ1) is 8.99. The van der Waals surface area contributed by atoms with Gasteiger partial charge in [-0.05, 0) is 18.8 Å². The predicted octanol–water partition coefficient (Wildman–Crippen LogP) is 1.60. The third kappa shape index (κ3) is 1.66. The summed E-state index contributed by atoms with van der Waals surface area (Å²) < 4.78 is 5.11. The first-order valence-corrected chi connectivity index (χ1v) is 5.76. The topological polar surface area (TPSA) is 77.8 Å². The van der Waals surface area contributed by atoms with Gasteiger partial charge in [0.1, 0.15) is 5.69 Å². The van der Waals surface area contributed by atoms with Crippen LogP contribution in [0.15, 0.2) is 15.4 Å². The van der Waals surface area contributed by atoms with Crippen LogP contribution in [0, 0.1) is 5.92 Å². The summed E-state index contributed by atoms with van der Waals surface area (Å²) in [7, 11) is 0. The van der Waals surface area contributed by atoms with Crippen molar-refractivity contribution < 1.29 is 4.52 Å². The summed E-state index contributed by atoms with van der Waals surface area (Å²) in [4.78, 5) is 8.36.